The van der Waals surface area contributed by atoms with Crippen LogP contribution in [0.3, 0.4) is 0 Å². The summed E-state index contributed by atoms with van der Waals surface area (Å²) in [7, 11) is 1.85. The molecule has 8 heteroatoms. The number of carbonyl (C=O) groups excluding carboxylic acids is 1. The number of aliphatic hydroxyl groups excluding tert-OH is 1. The van der Waals surface area contributed by atoms with Crippen molar-refractivity contribution in [2.24, 2.45) is 7.05 Å². The van der Waals surface area contributed by atoms with E-state index in [4.69, 9.17) is 4.42 Å². The van der Waals surface area contributed by atoms with E-state index in [1.54, 1.807) is 0 Å². The van der Waals surface area contributed by atoms with E-state index in [1.165, 1.54) is 0 Å². The lowest BCUT2D eigenvalue weighted by Crippen LogP contribution is -2.45. The van der Waals surface area contributed by atoms with Crippen LogP contribution in [0.5, 0.6) is 0 Å². The van der Waals surface area contributed by atoms with E-state index in [0.29, 0.717) is 25.5 Å². The first-order chi connectivity index (χ1) is 13.6. The fourth-order valence-electron chi connectivity index (χ4n) is 3.90. The van der Waals surface area contributed by atoms with Crippen molar-refractivity contribution in [1.82, 2.24) is 25.0 Å². The Hall–Kier alpha value is -2.87. The molecular weight excluding hydrogens is 358 g/mol. The highest BCUT2D eigenvalue weighted by Crippen LogP contribution is 2.27. The zero-order valence-electron chi connectivity index (χ0n) is 16.2. The Morgan fingerprint density at radius 1 is 1.36 bits per heavy atom. The van der Waals surface area contributed by atoms with Gasteiger partial charge < -0.3 is 24.3 Å². The first kappa shape index (κ1) is 18.5. The molecule has 3 aromatic rings. The Morgan fingerprint density at radius 3 is 2.93 bits per heavy atom. The van der Waals surface area contributed by atoms with Gasteiger partial charge in [-0.15, -0.1) is 10.2 Å². The number of hydrogen-bond acceptors (Lipinski definition) is 5. The second-order valence-electron chi connectivity index (χ2n) is 7.28. The molecule has 0 aliphatic carbocycles. The number of nitrogens with one attached hydrogen (secondary N) is 1. The number of urea groups is 1. The van der Waals surface area contributed by atoms with E-state index in [2.05, 4.69) is 15.5 Å². The number of nitrogens with zero attached hydrogens (tertiary/aromatic N) is 4. The topological polar surface area (TPSA) is 96.4 Å². The number of furan rings is 1. The molecule has 2 N–H and O–H groups in total. The third-order valence-electron chi connectivity index (χ3n) is 5.56. The van der Waals surface area contributed by atoms with Crippen LogP contribution in [0.1, 0.15) is 41.7 Å². The average molecular weight is 383 g/mol. The highest BCUT2D eigenvalue weighted by molar-refractivity contribution is 5.82. The van der Waals surface area contributed by atoms with Crippen molar-refractivity contribution < 1.29 is 14.3 Å². The summed E-state index contributed by atoms with van der Waals surface area (Å²) in [6.07, 6.45) is 1.85. The second-order valence-corrected chi connectivity index (χ2v) is 7.28. The third kappa shape index (κ3) is 3.35. The molecule has 1 aliphatic heterocycles. The summed E-state index contributed by atoms with van der Waals surface area (Å²) >= 11 is 0. The first-order valence-electron chi connectivity index (χ1n) is 9.57. The van der Waals surface area contributed by atoms with Gasteiger partial charge >= 0.3 is 6.03 Å². The van der Waals surface area contributed by atoms with Crippen LogP contribution in [0.25, 0.3) is 11.0 Å². The van der Waals surface area contributed by atoms with Gasteiger partial charge in [0.15, 0.2) is 5.82 Å². The lowest BCUT2D eigenvalue weighted by atomic mass is 9.97. The summed E-state index contributed by atoms with van der Waals surface area (Å²) in [6, 6.07) is 7.78. The number of aromatic nitrogens is 3. The highest BCUT2D eigenvalue weighted by Gasteiger charge is 2.28. The summed E-state index contributed by atoms with van der Waals surface area (Å²) in [5.41, 5.74) is 1.90. The Morgan fingerprint density at radius 2 is 2.18 bits per heavy atom. The van der Waals surface area contributed by atoms with Crippen LogP contribution in [0.2, 0.25) is 0 Å². The van der Waals surface area contributed by atoms with Crippen molar-refractivity contribution in [3.05, 3.63) is 47.2 Å². The molecule has 0 radical (unpaired) electrons. The SMILES string of the molecule is Cc1c(CNC(=O)N2CCC[C@@H](c3nnc(CO)n3C)C2)oc2ccccc12. The van der Waals surface area contributed by atoms with Gasteiger partial charge in [0.25, 0.3) is 0 Å². The molecule has 0 bridgehead atoms. The summed E-state index contributed by atoms with van der Waals surface area (Å²) in [5.74, 6) is 2.25. The molecule has 1 aromatic carbocycles. The summed E-state index contributed by atoms with van der Waals surface area (Å²) in [6.45, 7) is 3.53. The van der Waals surface area contributed by atoms with E-state index in [1.807, 2.05) is 47.7 Å². The second kappa shape index (κ2) is 7.63. The lowest BCUT2D eigenvalue weighted by molar-refractivity contribution is 0.176. The van der Waals surface area contributed by atoms with Crippen molar-refractivity contribution in [3.8, 4) is 0 Å². The number of benzene rings is 1. The summed E-state index contributed by atoms with van der Waals surface area (Å²) < 4.78 is 7.70. The van der Waals surface area contributed by atoms with Crippen molar-refractivity contribution in [2.45, 2.75) is 38.8 Å². The number of piperidine rings is 1. The van der Waals surface area contributed by atoms with Gasteiger partial charge in [0.05, 0.1) is 6.54 Å². The van der Waals surface area contributed by atoms with Gasteiger partial charge in [0.2, 0.25) is 0 Å². The lowest BCUT2D eigenvalue weighted by Gasteiger charge is -2.32. The maximum atomic E-state index is 12.7. The summed E-state index contributed by atoms with van der Waals surface area (Å²) in [5, 5.41) is 21.6. The van der Waals surface area contributed by atoms with Crippen LogP contribution in [0, 0.1) is 6.92 Å². The smallest absolute Gasteiger partial charge is 0.317 e. The predicted octanol–water partition coefficient (Wildman–Crippen LogP) is 2.45. The van der Waals surface area contributed by atoms with Crippen LogP contribution >= 0.6 is 0 Å². The number of para-hydroxylation sites is 1. The fraction of sp³-hybridized carbons (Fsp3) is 0.450. The zero-order valence-corrected chi connectivity index (χ0v) is 16.2. The van der Waals surface area contributed by atoms with Gasteiger partial charge in [-0.05, 0) is 25.8 Å². The molecule has 1 fully saturated rings. The molecule has 1 atom stereocenters. The maximum Gasteiger partial charge on any atom is 0.317 e. The van der Waals surface area contributed by atoms with E-state index < -0.39 is 0 Å². The van der Waals surface area contributed by atoms with Crippen molar-refractivity contribution in [2.75, 3.05) is 13.1 Å². The van der Waals surface area contributed by atoms with E-state index in [-0.39, 0.29) is 18.6 Å². The average Bonchev–Trinajstić information content (AvgIpc) is 3.26. The molecule has 0 unspecified atom stereocenters. The number of amides is 2. The molecule has 8 nitrogen and oxygen atoms in total. The molecule has 28 heavy (non-hydrogen) atoms. The minimum Gasteiger partial charge on any atom is -0.459 e. The highest BCUT2D eigenvalue weighted by atomic mass is 16.3. The molecule has 0 saturated carbocycles. The number of aryl methyl sites for hydroxylation is 1. The van der Waals surface area contributed by atoms with Gasteiger partial charge in [-0.25, -0.2) is 4.79 Å². The minimum absolute atomic E-state index is 0.103. The standard InChI is InChI=1S/C20H25N5O3/c1-13-15-7-3-4-8-16(15)28-17(13)10-21-20(27)25-9-5-6-14(11-25)19-23-22-18(12-26)24(19)2/h3-4,7-8,14,26H,5-6,9-12H2,1-2H3,(H,21,27)/t14-/m1/s1. The first-order valence-corrected chi connectivity index (χ1v) is 9.57. The minimum atomic E-state index is -0.142. The van der Waals surface area contributed by atoms with Gasteiger partial charge in [-0.1, -0.05) is 18.2 Å². The number of likely N-dealkylation sites (tertiary alicyclic amines) is 1. The normalized spacial score (nSPS) is 17.2. The largest absolute Gasteiger partial charge is 0.459 e. The summed E-state index contributed by atoms with van der Waals surface area (Å²) in [4.78, 5) is 14.5. The van der Waals surface area contributed by atoms with Crippen LogP contribution in [0.15, 0.2) is 28.7 Å². The monoisotopic (exact) mass is 383 g/mol. The molecule has 3 heterocycles. The molecule has 148 valence electrons. The third-order valence-corrected chi connectivity index (χ3v) is 5.56. The molecule has 1 saturated heterocycles. The predicted molar refractivity (Wildman–Crippen MR) is 104 cm³/mol. The molecule has 2 amide bonds. The van der Waals surface area contributed by atoms with E-state index in [0.717, 1.165) is 41.0 Å². The van der Waals surface area contributed by atoms with Crippen molar-refractivity contribution in [1.29, 1.82) is 0 Å². The van der Waals surface area contributed by atoms with Crippen molar-refractivity contribution in [3.63, 3.8) is 0 Å². The van der Waals surface area contributed by atoms with Crippen LogP contribution < -0.4 is 5.32 Å². The Kier molecular flexibility index (Phi) is 5.04. The van der Waals surface area contributed by atoms with E-state index >= 15 is 0 Å². The van der Waals surface area contributed by atoms with Gasteiger partial charge in [-0.2, -0.15) is 0 Å². The quantitative estimate of drug-likeness (QED) is 0.721. The number of aliphatic hydroxyl groups is 1. The molecule has 0 spiro atoms. The van der Waals surface area contributed by atoms with Gasteiger partial charge in [0.1, 0.15) is 23.8 Å². The maximum absolute atomic E-state index is 12.7. The van der Waals surface area contributed by atoms with Crippen LogP contribution in [0.4, 0.5) is 4.79 Å². The number of rotatable bonds is 4. The van der Waals surface area contributed by atoms with E-state index in [9.17, 15) is 9.90 Å². The van der Waals surface area contributed by atoms with Crippen LogP contribution in [-0.4, -0.2) is 43.9 Å². The molecule has 2 aromatic heterocycles. The molecular formula is C20H25N5O3. The Balaban J connectivity index is 1.41. The molecule has 1 aliphatic rings. The van der Waals surface area contributed by atoms with Crippen molar-refractivity contribution >= 4 is 17.0 Å². The zero-order chi connectivity index (χ0) is 19.7. The number of carbonyl (C=O) groups is 1. The number of hydrogen-bond donors (Lipinski definition) is 2. The van der Waals surface area contributed by atoms with Gasteiger partial charge in [0, 0.05) is 37.0 Å². The fourth-order valence-corrected chi connectivity index (χ4v) is 3.90. The Bertz CT molecular complexity index is 993. The number of fused-ring (bicyclic) bond motifs is 1. The Labute approximate surface area is 163 Å². The molecule has 4 rings (SSSR count). The van der Waals surface area contributed by atoms with Gasteiger partial charge in [-0.3, -0.25) is 0 Å². The van der Waals surface area contributed by atoms with Crippen LogP contribution in [-0.2, 0) is 20.2 Å².